The molecule has 0 atom stereocenters. The highest BCUT2D eigenvalue weighted by molar-refractivity contribution is 6.36. The van der Waals surface area contributed by atoms with Crippen molar-refractivity contribution >= 4 is 46.7 Å². The van der Waals surface area contributed by atoms with Gasteiger partial charge in [0, 0.05) is 17.3 Å². The summed E-state index contributed by atoms with van der Waals surface area (Å²) in [6.45, 7) is -1.05. The number of carbonyl (C=O) groups is 3. The zero-order valence-electron chi connectivity index (χ0n) is 15.5. The molecule has 2 aromatic rings. The summed E-state index contributed by atoms with van der Waals surface area (Å²) in [5, 5.41) is 11.6. The quantitative estimate of drug-likeness (QED) is 0.620. The number of hydrogen-bond donors (Lipinski definition) is 1. The lowest BCUT2D eigenvalue weighted by Gasteiger charge is -2.21. The fraction of sp³-hybridized carbons (Fsp3) is 0.200. The third kappa shape index (κ3) is 6.72. The molecule has 0 saturated carbocycles. The molecule has 10 heteroatoms. The van der Waals surface area contributed by atoms with Gasteiger partial charge in [-0.2, -0.15) is 5.26 Å². The van der Waals surface area contributed by atoms with E-state index in [4.69, 9.17) is 33.2 Å². The summed E-state index contributed by atoms with van der Waals surface area (Å²) < 4.78 is 18.0. The van der Waals surface area contributed by atoms with Gasteiger partial charge in [0.25, 0.3) is 11.8 Å². The van der Waals surface area contributed by atoms with Gasteiger partial charge in [-0.25, -0.2) is 4.39 Å². The van der Waals surface area contributed by atoms with E-state index < -0.39 is 36.8 Å². The second-order valence-electron chi connectivity index (χ2n) is 5.90. The molecule has 0 aliphatic rings. The van der Waals surface area contributed by atoms with E-state index in [1.807, 2.05) is 6.07 Å². The fourth-order valence-electron chi connectivity index (χ4n) is 2.37. The van der Waals surface area contributed by atoms with Crippen LogP contribution >= 0.6 is 23.2 Å². The van der Waals surface area contributed by atoms with Crippen molar-refractivity contribution in [2.24, 2.45) is 0 Å². The normalized spacial score (nSPS) is 10.1. The minimum Gasteiger partial charge on any atom is -0.454 e. The Morgan fingerprint density at radius 3 is 2.47 bits per heavy atom. The predicted octanol–water partition coefficient (Wildman–Crippen LogP) is 3.35. The van der Waals surface area contributed by atoms with Gasteiger partial charge in [-0.3, -0.25) is 14.4 Å². The lowest BCUT2D eigenvalue weighted by Crippen LogP contribution is -2.37. The summed E-state index contributed by atoms with van der Waals surface area (Å²) in [6.07, 6.45) is 0.0367. The Kier molecular flexibility index (Phi) is 8.59. The zero-order valence-corrected chi connectivity index (χ0v) is 17.0. The molecular weight excluding hydrogens is 436 g/mol. The van der Waals surface area contributed by atoms with Gasteiger partial charge in [0.05, 0.1) is 23.1 Å². The molecule has 0 fully saturated rings. The molecule has 2 aromatic carbocycles. The highest BCUT2D eigenvalue weighted by Crippen LogP contribution is 2.20. The molecular formula is C20H16Cl2FN3O4. The van der Waals surface area contributed by atoms with Crippen LogP contribution in [-0.2, 0) is 14.3 Å². The monoisotopic (exact) mass is 451 g/mol. The molecule has 7 nitrogen and oxygen atoms in total. The Balaban J connectivity index is 1.89. The summed E-state index contributed by atoms with van der Waals surface area (Å²) >= 11 is 11.7. The standard InChI is InChI=1S/C20H16Cl2FN3O4/c21-13-2-7-16(17(22)10-13)20(29)25-11-19(28)30-12-18(27)26(9-1-8-24)15-5-3-14(23)4-6-15/h2-7,10H,1,9,11-12H2,(H,25,29). The molecule has 0 radical (unpaired) electrons. The molecule has 0 heterocycles. The Labute approximate surface area is 181 Å². The van der Waals surface area contributed by atoms with Gasteiger partial charge >= 0.3 is 5.97 Å². The molecule has 0 aliphatic carbocycles. The highest BCUT2D eigenvalue weighted by atomic mass is 35.5. The molecule has 0 aliphatic heterocycles. The maximum atomic E-state index is 13.1. The van der Waals surface area contributed by atoms with Gasteiger partial charge in [0.1, 0.15) is 12.4 Å². The van der Waals surface area contributed by atoms with E-state index in [1.54, 1.807) is 0 Å². The van der Waals surface area contributed by atoms with Crippen molar-refractivity contribution in [1.82, 2.24) is 5.32 Å². The molecule has 0 unspecified atom stereocenters. The second-order valence-corrected chi connectivity index (χ2v) is 6.74. The number of nitriles is 1. The lowest BCUT2D eigenvalue weighted by atomic mass is 10.2. The van der Waals surface area contributed by atoms with Crippen LogP contribution in [0, 0.1) is 17.1 Å². The van der Waals surface area contributed by atoms with Crippen molar-refractivity contribution in [3.63, 3.8) is 0 Å². The number of halogens is 3. The van der Waals surface area contributed by atoms with Crippen LogP contribution in [0.2, 0.25) is 10.0 Å². The second kappa shape index (κ2) is 11.1. The average Bonchev–Trinajstić information content (AvgIpc) is 2.72. The Bertz CT molecular complexity index is 977. The number of anilines is 1. The van der Waals surface area contributed by atoms with Crippen molar-refractivity contribution in [2.75, 3.05) is 24.6 Å². The molecule has 2 amide bonds. The fourth-order valence-corrected chi connectivity index (χ4v) is 2.87. The summed E-state index contributed by atoms with van der Waals surface area (Å²) in [7, 11) is 0. The molecule has 0 aromatic heterocycles. The van der Waals surface area contributed by atoms with Gasteiger partial charge in [-0.1, -0.05) is 23.2 Å². The van der Waals surface area contributed by atoms with Gasteiger partial charge < -0.3 is 15.0 Å². The first-order valence-corrected chi connectivity index (χ1v) is 9.39. The first-order valence-electron chi connectivity index (χ1n) is 8.63. The Hall–Kier alpha value is -3.15. The number of ether oxygens (including phenoxy) is 1. The summed E-state index contributed by atoms with van der Waals surface area (Å²) in [6, 6.07) is 11.3. The van der Waals surface area contributed by atoms with Crippen LogP contribution in [0.1, 0.15) is 16.8 Å². The van der Waals surface area contributed by atoms with E-state index in [0.29, 0.717) is 10.7 Å². The molecule has 0 saturated heterocycles. The summed E-state index contributed by atoms with van der Waals surface area (Å²) in [5.41, 5.74) is 0.488. The number of hydrogen-bond acceptors (Lipinski definition) is 5. The van der Waals surface area contributed by atoms with Crippen molar-refractivity contribution in [1.29, 1.82) is 5.26 Å². The number of nitrogens with zero attached hydrogens (tertiary/aromatic N) is 2. The van der Waals surface area contributed by atoms with Crippen molar-refractivity contribution in [3.8, 4) is 6.07 Å². The molecule has 0 bridgehead atoms. The van der Waals surface area contributed by atoms with Crippen LogP contribution in [0.3, 0.4) is 0 Å². The molecule has 30 heavy (non-hydrogen) atoms. The van der Waals surface area contributed by atoms with Crippen LogP contribution in [0.25, 0.3) is 0 Å². The lowest BCUT2D eigenvalue weighted by molar-refractivity contribution is -0.146. The van der Waals surface area contributed by atoms with Gasteiger partial charge in [-0.05, 0) is 42.5 Å². The van der Waals surface area contributed by atoms with Gasteiger partial charge in [-0.15, -0.1) is 0 Å². The van der Waals surface area contributed by atoms with Crippen molar-refractivity contribution < 1.29 is 23.5 Å². The number of nitrogens with one attached hydrogen (secondary N) is 1. The van der Waals surface area contributed by atoms with Crippen molar-refractivity contribution in [2.45, 2.75) is 6.42 Å². The van der Waals surface area contributed by atoms with Crippen molar-refractivity contribution in [3.05, 3.63) is 63.9 Å². The summed E-state index contributed by atoms with van der Waals surface area (Å²) in [4.78, 5) is 37.6. The molecule has 0 spiro atoms. The molecule has 156 valence electrons. The summed E-state index contributed by atoms with van der Waals surface area (Å²) in [5.74, 6) is -2.53. The topological polar surface area (TPSA) is 99.5 Å². The van der Waals surface area contributed by atoms with E-state index in [-0.39, 0.29) is 23.6 Å². The number of rotatable bonds is 8. The van der Waals surface area contributed by atoms with E-state index in [1.165, 1.54) is 47.4 Å². The Morgan fingerprint density at radius 2 is 1.83 bits per heavy atom. The Morgan fingerprint density at radius 1 is 1.13 bits per heavy atom. The maximum absolute atomic E-state index is 13.1. The van der Waals surface area contributed by atoms with Crippen LogP contribution < -0.4 is 10.2 Å². The number of carbonyl (C=O) groups excluding carboxylic acids is 3. The van der Waals surface area contributed by atoms with E-state index in [9.17, 15) is 18.8 Å². The first kappa shape index (κ1) is 23.1. The third-order valence-corrected chi connectivity index (χ3v) is 4.36. The van der Waals surface area contributed by atoms with Gasteiger partial charge in [0.15, 0.2) is 6.61 Å². The van der Waals surface area contributed by atoms with Crippen LogP contribution in [0.5, 0.6) is 0 Å². The maximum Gasteiger partial charge on any atom is 0.325 e. The molecule has 1 N–H and O–H groups in total. The highest BCUT2D eigenvalue weighted by Gasteiger charge is 2.18. The van der Waals surface area contributed by atoms with Gasteiger partial charge in [0.2, 0.25) is 0 Å². The van der Waals surface area contributed by atoms with E-state index in [2.05, 4.69) is 5.32 Å². The minimum atomic E-state index is -0.846. The van der Waals surface area contributed by atoms with E-state index in [0.717, 1.165) is 0 Å². The largest absolute Gasteiger partial charge is 0.454 e. The zero-order chi connectivity index (χ0) is 22.1. The van der Waals surface area contributed by atoms with Crippen LogP contribution in [-0.4, -0.2) is 37.5 Å². The smallest absolute Gasteiger partial charge is 0.325 e. The first-order chi connectivity index (χ1) is 14.3. The minimum absolute atomic E-state index is 0.0367. The van der Waals surface area contributed by atoms with Crippen LogP contribution in [0.4, 0.5) is 10.1 Å². The van der Waals surface area contributed by atoms with Crippen LogP contribution in [0.15, 0.2) is 42.5 Å². The number of amides is 2. The SMILES string of the molecule is N#CCCN(C(=O)COC(=O)CNC(=O)c1ccc(Cl)cc1Cl)c1ccc(F)cc1. The number of esters is 1. The average molecular weight is 452 g/mol. The number of benzene rings is 2. The van der Waals surface area contributed by atoms with E-state index >= 15 is 0 Å². The third-order valence-electron chi connectivity index (χ3n) is 3.81. The predicted molar refractivity (Wildman–Crippen MR) is 109 cm³/mol. The molecule has 2 rings (SSSR count).